The van der Waals surface area contributed by atoms with Crippen LogP contribution in [0.4, 0.5) is 11.4 Å². The van der Waals surface area contributed by atoms with Gasteiger partial charge in [0.1, 0.15) is 0 Å². The molecule has 3 atom stereocenters. The van der Waals surface area contributed by atoms with Gasteiger partial charge in [0.15, 0.2) is 0 Å². The smallest absolute Gasteiger partial charge is 0.241 e. The van der Waals surface area contributed by atoms with E-state index < -0.39 is 0 Å². The number of hydrogen-bond acceptors (Lipinski definition) is 3. The third kappa shape index (κ3) is 4.01. The van der Waals surface area contributed by atoms with Crippen molar-refractivity contribution in [2.75, 3.05) is 24.1 Å². The Kier molecular flexibility index (Phi) is 5.46. The molecular weight excluding hydrogens is 274 g/mol. The highest BCUT2D eigenvalue weighted by Crippen LogP contribution is 2.24. The van der Waals surface area contributed by atoms with Crippen LogP contribution in [0.5, 0.6) is 0 Å². The molecule has 1 amide bonds. The monoisotopic (exact) mass is 303 g/mol. The number of carbonyl (C=O) groups excluding carboxylic acids is 1. The van der Waals surface area contributed by atoms with Crippen LogP contribution in [0.25, 0.3) is 0 Å². The highest BCUT2D eigenvalue weighted by atomic mass is 16.2. The number of carbonyl (C=O) groups is 1. The van der Waals surface area contributed by atoms with Crippen LogP contribution < -0.4 is 11.1 Å². The summed E-state index contributed by atoms with van der Waals surface area (Å²) in [7, 11) is 0. The lowest BCUT2D eigenvalue weighted by molar-refractivity contribution is -0.122. The standard InChI is InChI=1S/C18H29N3O/c1-5-17(21-10-12(2)8-13(3)11-21)18(22)20-15-7-6-14(4)16(19)9-15/h6-7,9,12-13,17H,5,8,10-11,19H2,1-4H3,(H,20,22). The van der Waals surface area contributed by atoms with E-state index in [4.69, 9.17) is 5.73 Å². The molecule has 1 aliphatic rings. The van der Waals surface area contributed by atoms with Gasteiger partial charge >= 0.3 is 0 Å². The third-order valence-corrected chi connectivity index (χ3v) is 4.57. The van der Waals surface area contributed by atoms with Gasteiger partial charge in [0.25, 0.3) is 0 Å². The number of amides is 1. The maximum absolute atomic E-state index is 12.7. The Bertz CT molecular complexity index is 519. The highest BCUT2D eigenvalue weighted by molar-refractivity contribution is 5.95. The Labute approximate surface area is 134 Å². The van der Waals surface area contributed by atoms with Crippen molar-refractivity contribution >= 4 is 17.3 Å². The van der Waals surface area contributed by atoms with E-state index in [1.165, 1.54) is 6.42 Å². The van der Waals surface area contributed by atoms with Crippen molar-refractivity contribution in [1.82, 2.24) is 4.90 Å². The lowest BCUT2D eigenvalue weighted by Crippen LogP contribution is -2.50. The molecule has 0 saturated carbocycles. The van der Waals surface area contributed by atoms with Crippen LogP contribution in [-0.4, -0.2) is 29.9 Å². The third-order valence-electron chi connectivity index (χ3n) is 4.57. The van der Waals surface area contributed by atoms with Gasteiger partial charge in [-0.05, 0) is 49.3 Å². The second-order valence-electron chi connectivity index (χ2n) is 6.88. The Morgan fingerprint density at radius 2 is 2.00 bits per heavy atom. The first kappa shape index (κ1) is 16.8. The van der Waals surface area contributed by atoms with Crippen LogP contribution in [0.1, 0.15) is 39.2 Å². The molecule has 3 N–H and O–H groups in total. The zero-order valence-corrected chi connectivity index (χ0v) is 14.2. The average molecular weight is 303 g/mol. The molecule has 0 bridgehead atoms. The minimum Gasteiger partial charge on any atom is -0.398 e. The van der Waals surface area contributed by atoms with Gasteiger partial charge in [0.2, 0.25) is 5.91 Å². The zero-order valence-electron chi connectivity index (χ0n) is 14.2. The van der Waals surface area contributed by atoms with Crippen LogP contribution in [0.3, 0.4) is 0 Å². The molecule has 0 aromatic heterocycles. The Hall–Kier alpha value is -1.55. The van der Waals surface area contributed by atoms with Crippen LogP contribution >= 0.6 is 0 Å². The first-order valence-electron chi connectivity index (χ1n) is 8.31. The van der Waals surface area contributed by atoms with E-state index in [9.17, 15) is 4.79 Å². The van der Waals surface area contributed by atoms with Gasteiger partial charge in [-0.25, -0.2) is 0 Å². The van der Waals surface area contributed by atoms with Crippen molar-refractivity contribution in [2.24, 2.45) is 11.8 Å². The van der Waals surface area contributed by atoms with Crippen LogP contribution in [0.15, 0.2) is 18.2 Å². The molecule has 1 saturated heterocycles. The first-order valence-corrected chi connectivity index (χ1v) is 8.31. The molecule has 0 radical (unpaired) electrons. The molecule has 0 aliphatic carbocycles. The van der Waals surface area contributed by atoms with Crippen molar-refractivity contribution in [3.63, 3.8) is 0 Å². The fourth-order valence-corrected chi connectivity index (χ4v) is 3.52. The van der Waals surface area contributed by atoms with Gasteiger partial charge < -0.3 is 11.1 Å². The van der Waals surface area contributed by atoms with E-state index >= 15 is 0 Å². The molecule has 4 heteroatoms. The minimum atomic E-state index is -0.0623. The lowest BCUT2D eigenvalue weighted by Gasteiger charge is -2.39. The number of likely N-dealkylation sites (tertiary alicyclic amines) is 1. The Morgan fingerprint density at radius 3 is 2.55 bits per heavy atom. The van der Waals surface area contributed by atoms with E-state index in [-0.39, 0.29) is 11.9 Å². The SMILES string of the molecule is CCC(C(=O)Nc1ccc(C)c(N)c1)N1CC(C)CC(C)C1. The molecule has 1 aromatic rings. The van der Waals surface area contributed by atoms with E-state index in [0.717, 1.165) is 30.8 Å². The predicted octanol–water partition coefficient (Wildman–Crippen LogP) is 3.27. The molecule has 1 aliphatic heterocycles. The average Bonchev–Trinajstić information content (AvgIpc) is 2.42. The van der Waals surface area contributed by atoms with Crippen molar-refractivity contribution in [1.29, 1.82) is 0 Å². The molecule has 2 rings (SSSR count). The largest absolute Gasteiger partial charge is 0.398 e. The van der Waals surface area contributed by atoms with Gasteiger partial charge in [-0.3, -0.25) is 9.69 Å². The molecule has 0 spiro atoms. The lowest BCUT2D eigenvalue weighted by atomic mass is 9.90. The number of benzene rings is 1. The quantitative estimate of drug-likeness (QED) is 0.839. The second kappa shape index (κ2) is 7.14. The highest BCUT2D eigenvalue weighted by Gasteiger charge is 2.30. The summed E-state index contributed by atoms with van der Waals surface area (Å²) in [5, 5.41) is 3.03. The molecule has 1 heterocycles. The van der Waals surface area contributed by atoms with Crippen LogP contribution in [0.2, 0.25) is 0 Å². The van der Waals surface area contributed by atoms with Crippen LogP contribution in [0, 0.1) is 18.8 Å². The van der Waals surface area contributed by atoms with Crippen molar-refractivity contribution in [3.8, 4) is 0 Å². The predicted molar refractivity (Wildman–Crippen MR) is 92.8 cm³/mol. The van der Waals surface area contributed by atoms with Gasteiger partial charge in [-0.15, -0.1) is 0 Å². The molecule has 1 fully saturated rings. The van der Waals surface area contributed by atoms with Gasteiger partial charge in [0.05, 0.1) is 6.04 Å². The maximum atomic E-state index is 12.7. The fraction of sp³-hybridized carbons (Fsp3) is 0.611. The molecule has 122 valence electrons. The molecule has 22 heavy (non-hydrogen) atoms. The summed E-state index contributed by atoms with van der Waals surface area (Å²) in [5.41, 5.74) is 8.45. The molecule has 3 unspecified atom stereocenters. The summed E-state index contributed by atoms with van der Waals surface area (Å²) in [6.45, 7) is 10.6. The van der Waals surface area contributed by atoms with Crippen molar-refractivity contribution in [2.45, 2.75) is 46.6 Å². The van der Waals surface area contributed by atoms with E-state index in [0.29, 0.717) is 17.5 Å². The zero-order chi connectivity index (χ0) is 16.3. The van der Waals surface area contributed by atoms with Crippen molar-refractivity contribution < 1.29 is 4.79 Å². The maximum Gasteiger partial charge on any atom is 0.241 e. The summed E-state index contributed by atoms with van der Waals surface area (Å²) in [5.74, 6) is 1.38. The summed E-state index contributed by atoms with van der Waals surface area (Å²) in [6, 6.07) is 5.63. The number of nitrogens with zero attached hydrogens (tertiary/aromatic N) is 1. The van der Waals surface area contributed by atoms with E-state index in [1.807, 2.05) is 25.1 Å². The fourth-order valence-electron chi connectivity index (χ4n) is 3.52. The number of aryl methyl sites for hydroxylation is 1. The van der Waals surface area contributed by atoms with Gasteiger partial charge in [-0.1, -0.05) is 26.8 Å². The van der Waals surface area contributed by atoms with Crippen LogP contribution in [-0.2, 0) is 4.79 Å². The topological polar surface area (TPSA) is 58.4 Å². The van der Waals surface area contributed by atoms with Gasteiger partial charge in [-0.2, -0.15) is 0 Å². The number of hydrogen-bond donors (Lipinski definition) is 2. The molecule has 1 aromatic carbocycles. The summed E-state index contributed by atoms with van der Waals surface area (Å²) < 4.78 is 0. The minimum absolute atomic E-state index is 0.0623. The van der Waals surface area contributed by atoms with Gasteiger partial charge in [0, 0.05) is 24.5 Å². The summed E-state index contributed by atoms with van der Waals surface area (Å²) >= 11 is 0. The van der Waals surface area contributed by atoms with Crippen molar-refractivity contribution in [3.05, 3.63) is 23.8 Å². The van der Waals surface area contributed by atoms with E-state index in [1.54, 1.807) is 0 Å². The first-order chi connectivity index (χ1) is 10.4. The molecular formula is C18H29N3O. The normalized spacial score (nSPS) is 24.0. The number of piperidine rings is 1. The Morgan fingerprint density at radius 1 is 1.36 bits per heavy atom. The van der Waals surface area contributed by atoms with E-state index in [2.05, 4.69) is 31.0 Å². The number of rotatable bonds is 4. The summed E-state index contributed by atoms with van der Waals surface area (Å²) in [6.07, 6.45) is 2.08. The number of nitrogens with two attached hydrogens (primary N) is 1. The Balaban J connectivity index is 2.06. The second-order valence-corrected chi connectivity index (χ2v) is 6.88. The summed E-state index contributed by atoms with van der Waals surface area (Å²) in [4.78, 5) is 15.0. The number of nitrogen functional groups attached to an aromatic ring is 1. The number of nitrogens with one attached hydrogen (secondary N) is 1. The molecule has 4 nitrogen and oxygen atoms in total. The number of anilines is 2.